The second-order valence-corrected chi connectivity index (χ2v) is 6.94. The van der Waals surface area contributed by atoms with Crippen molar-refractivity contribution in [1.29, 1.82) is 0 Å². The molecule has 0 fully saturated rings. The van der Waals surface area contributed by atoms with Crippen molar-refractivity contribution in [1.82, 2.24) is 14.3 Å². The average molecular weight is 342 g/mol. The highest BCUT2D eigenvalue weighted by Crippen LogP contribution is 2.23. The molecule has 3 aromatic rings. The van der Waals surface area contributed by atoms with Gasteiger partial charge >= 0.3 is 0 Å². The first-order valence-electron chi connectivity index (χ1n) is 8.18. The topological polar surface area (TPSA) is 52.2 Å². The number of carbonyl (C=O) groups is 1. The van der Waals surface area contributed by atoms with Crippen LogP contribution in [0.1, 0.15) is 41.2 Å². The number of fused-ring (bicyclic) bond motifs is 1. The zero-order chi connectivity index (χ0) is 17.4. The zero-order valence-electron chi connectivity index (χ0n) is 14.8. The number of nitrogens with zero attached hydrogens (tertiary/aromatic N) is 4. The number of amides is 1. The van der Waals surface area contributed by atoms with Crippen LogP contribution in [0, 0.1) is 20.8 Å². The Kier molecular flexibility index (Phi) is 4.41. The molecule has 0 aliphatic rings. The monoisotopic (exact) mass is 342 g/mol. The van der Waals surface area contributed by atoms with Crippen LogP contribution in [-0.4, -0.2) is 20.3 Å². The molecule has 0 unspecified atom stereocenters. The van der Waals surface area contributed by atoms with Gasteiger partial charge in [-0.2, -0.15) is 10.1 Å². The Hall–Kier alpha value is -2.21. The summed E-state index contributed by atoms with van der Waals surface area (Å²) in [7, 11) is 0. The molecule has 2 heterocycles. The fraction of sp³-hybridized carbons (Fsp3) is 0.389. The summed E-state index contributed by atoms with van der Waals surface area (Å²) >= 11 is 1.56. The first kappa shape index (κ1) is 16.6. The summed E-state index contributed by atoms with van der Waals surface area (Å²) in [5.74, 6) is -0.284. The van der Waals surface area contributed by atoms with Gasteiger partial charge in [0.05, 0.1) is 10.2 Å². The van der Waals surface area contributed by atoms with Gasteiger partial charge in [0.15, 0.2) is 10.5 Å². The number of aryl methyl sites for hydroxylation is 5. The van der Waals surface area contributed by atoms with Crippen molar-refractivity contribution in [2.45, 2.75) is 47.7 Å². The van der Waals surface area contributed by atoms with Crippen LogP contribution in [0.5, 0.6) is 0 Å². The maximum absolute atomic E-state index is 12.5. The van der Waals surface area contributed by atoms with Gasteiger partial charge in [0.2, 0.25) is 0 Å². The van der Waals surface area contributed by atoms with Crippen molar-refractivity contribution < 1.29 is 4.79 Å². The van der Waals surface area contributed by atoms with E-state index in [1.165, 1.54) is 15.8 Å². The molecule has 24 heavy (non-hydrogen) atoms. The second kappa shape index (κ2) is 6.36. The van der Waals surface area contributed by atoms with Crippen LogP contribution >= 0.6 is 11.3 Å². The van der Waals surface area contributed by atoms with E-state index in [-0.39, 0.29) is 5.91 Å². The summed E-state index contributed by atoms with van der Waals surface area (Å²) in [6, 6.07) is 6.12. The lowest BCUT2D eigenvalue weighted by atomic mass is 10.1. The van der Waals surface area contributed by atoms with Crippen molar-refractivity contribution in [2.24, 2.45) is 4.99 Å². The van der Waals surface area contributed by atoms with Crippen molar-refractivity contribution in [3.05, 3.63) is 45.5 Å². The number of thiazole rings is 1. The fourth-order valence-electron chi connectivity index (χ4n) is 2.98. The number of aromatic nitrogens is 3. The van der Waals surface area contributed by atoms with Gasteiger partial charge in [-0.15, -0.1) is 0 Å². The number of hydrogen-bond acceptors (Lipinski definition) is 3. The Labute approximate surface area is 145 Å². The molecule has 0 spiro atoms. The van der Waals surface area contributed by atoms with E-state index < -0.39 is 0 Å². The lowest BCUT2D eigenvalue weighted by molar-refractivity contribution is 0.0992. The fourth-order valence-corrected chi connectivity index (χ4v) is 4.12. The molecule has 0 atom stereocenters. The molecular weight excluding hydrogens is 320 g/mol. The van der Waals surface area contributed by atoms with Gasteiger partial charge in [-0.1, -0.05) is 17.4 Å². The van der Waals surface area contributed by atoms with E-state index in [1.54, 1.807) is 17.4 Å². The van der Waals surface area contributed by atoms with E-state index >= 15 is 0 Å². The summed E-state index contributed by atoms with van der Waals surface area (Å²) in [5.41, 5.74) is 4.96. The van der Waals surface area contributed by atoms with E-state index in [0.717, 1.165) is 29.1 Å². The van der Waals surface area contributed by atoms with Gasteiger partial charge in [-0.3, -0.25) is 9.48 Å². The third-order valence-corrected chi connectivity index (χ3v) is 5.36. The number of carbonyl (C=O) groups excluding carboxylic acids is 1. The minimum atomic E-state index is -0.284. The Morgan fingerprint density at radius 3 is 2.54 bits per heavy atom. The molecule has 0 aliphatic carbocycles. The standard InChI is InChI=1S/C18H22N4OS/c1-6-21-15-9-11(3)8-12(4)16(15)24-18(21)19-17(23)14-10-13(5)22(7-2)20-14/h8-10H,6-7H2,1-5H3. The molecule has 6 heteroatoms. The first-order valence-corrected chi connectivity index (χ1v) is 9.00. The van der Waals surface area contributed by atoms with Gasteiger partial charge in [-0.05, 0) is 57.9 Å². The average Bonchev–Trinajstić information content (AvgIpc) is 3.07. The highest BCUT2D eigenvalue weighted by atomic mass is 32.1. The highest BCUT2D eigenvalue weighted by Gasteiger charge is 2.13. The molecule has 0 saturated heterocycles. The van der Waals surface area contributed by atoms with Crippen LogP contribution in [0.2, 0.25) is 0 Å². The Balaban J connectivity index is 2.15. The van der Waals surface area contributed by atoms with E-state index in [0.29, 0.717) is 5.69 Å². The third kappa shape index (κ3) is 2.82. The molecule has 1 aromatic carbocycles. The molecule has 0 N–H and O–H groups in total. The van der Waals surface area contributed by atoms with Crippen molar-refractivity contribution in [3.63, 3.8) is 0 Å². The molecule has 126 valence electrons. The van der Waals surface area contributed by atoms with Gasteiger partial charge in [-0.25, -0.2) is 0 Å². The minimum absolute atomic E-state index is 0.284. The number of hydrogen-bond donors (Lipinski definition) is 0. The smallest absolute Gasteiger partial charge is 0.300 e. The molecule has 0 bridgehead atoms. The molecule has 2 aromatic heterocycles. The number of rotatable bonds is 3. The first-order chi connectivity index (χ1) is 11.4. The van der Waals surface area contributed by atoms with E-state index in [4.69, 9.17) is 0 Å². The summed E-state index contributed by atoms with van der Waals surface area (Å²) in [6.45, 7) is 11.7. The zero-order valence-corrected chi connectivity index (χ0v) is 15.6. The summed E-state index contributed by atoms with van der Waals surface area (Å²) in [4.78, 5) is 17.6. The van der Waals surface area contributed by atoms with Crippen LogP contribution < -0.4 is 4.80 Å². The van der Waals surface area contributed by atoms with Crippen molar-refractivity contribution in [2.75, 3.05) is 0 Å². The molecule has 1 amide bonds. The summed E-state index contributed by atoms with van der Waals surface area (Å²) in [6.07, 6.45) is 0. The maximum atomic E-state index is 12.5. The minimum Gasteiger partial charge on any atom is -0.317 e. The summed E-state index contributed by atoms with van der Waals surface area (Å²) in [5, 5.41) is 4.33. The van der Waals surface area contributed by atoms with Crippen LogP contribution in [-0.2, 0) is 13.1 Å². The SMILES string of the molecule is CCn1nc(C(=O)N=c2sc3c(C)cc(C)cc3n2CC)cc1C. The third-order valence-electron chi connectivity index (χ3n) is 4.13. The number of benzene rings is 1. The van der Waals surface area contributed by atoms with E-state index in [9.17, 15) is 4.79 Å². The lowest BCUT2D eigenvalue weighted by Crippen LogP contribution is -2.16. The highest BCUT2D eigenvalue weighted by molar-refractivity contribution is 7.16. The molecule has 5 nitrogen and oxygen atoms in total. The molecule has 0 radical (unpaired) electrons. The predicted molar refractivity (Wildman–Crippen MR) is 97.5 cm³/mol. The van der Waals surface area contributed by atoms with Crippen LogP contribution in [0.15, 0.2) is 23.2 Å². The van der Waals surface area contributed by atoms with E-state index in [1.807, 2.05) is 18.5 Å². The summed E-state index contributed by atoms with van der Waals surface area (Å²) < 4.78 is 5.10. The largest absolute Gasteiger partial charge is 0.317 e. The Morgan fingerprint density at radius 1 is 1.17 bits per heavy atom. The second-order valence-electron chi connectivity index (χ2n) is 5.96. The normalized spacial score (nSPS) is 12.3. The predicted octanol–water partition coefficient (Wildman–Crippen LogP) is 3.61. The van der Waals surface area contributed by atoms with Crippen LogP contribution in [0.25, 0.3) is 10.2 Å². The van der Waals surface area contributed by atoms with Crippen LogP contribution in [0.3, 0.4) is 0 Å². The molecular formula is C18H22N4OS. The van der Waals surface area contributed by atoms with Crippen molar-refractivity contribution >= 4 is 27.5 Å². The van der Waals surface area contributed by atoms with Gasteiger partial charge in [0, 0.05) is 18.8 Å². The van der Waals surface area contributed by atoms with Crippen LogP contribution in [0.4, 0.5) is 0 Å². The van der Waals surface area contributed by atoms with Crippen molar-refractivity contribution in [3.8, 4) is 0 Å². The van der Waals surface area contributed by atoms with Gasteiger partial charge in [0.25, 0.3) is 5.91 Å². The molecule has 3 rings (SSSR count). The van der Waals surface area contributed by atoms with Gasteiger partial charge < -0.3 is 4.57 Å². The Bertz CT molecular complexity index is 991. The molecule has 0 aliphatic heterocycles. The Morgan fingerprint density at radius 2 is 1.92 bits per heavy atom. The van der Waals surface area contributed by atoms with Gasteiger partial charge in [0.1, 0.15) is 0 Å². The maximum Gasteiger partial charge on any atom is 0.300 e. The quantitative estimate of drug-likeness (QED) is 0.730. The molecule has 0 saturated carbocycles. The van der Waals surface area contributed by atoms with E-state index in [2.05, 4.69) is 47.6 Å². The lowest BCUT2D eigenvalue weighted by Gasteiger charge is -2.02.